The third-order valence-electron chi connectivity index (χ3n) is 6.16. The predicted octanol–water partition coefficient (Wildman–Crippen LogP) is 7.28. The molecule has 9 heteroatoms. The van der Waals surface area contributed by atoms with Crippen molar-refractivity contribution in [3.05, 3.63) is 56.2 Å². The van der Waals surface area contributed by atoms with Crippen molar-refractivity contribution in [2.24, 2.45) is 9.98 Å². The van der Waals surface area contributed by atoms with Crippen molar-refractivity contribution in [1.82, 2.24) is 0 Å². The minimum atomic E-state index is -0.409. The average molecular weight is 483 g/mol. The third kappa shape index (κ3) is 2.78. The lowest BCUT2D eigenvalue weighted by Gasteiger charge is -2.20. The Bertz CT molecular complexity index is 1620. The zero-order valence-electron chi connectivity index (χ0n) is 18.1. The second kappa shape index (κ2) is 6.95. The largest absolute Gasteiger partial charge is 0.351 e. The molecule has 6 nitrogen and oxygen atoms in total. The Labute approximate surface area is 202 Å². The second-order valence-corrected chi connectivity index (χ2v) is 11.8. The second-order valence-electron chi connectivity index (χ2n) is 8.73. The summed E-state index contributed by atoms with van der Waals surface area (Å²) in [6.07, 6.45) is 2.01. The van der Waals surface area contributed by atoms with Crippen LogP contribution in [-0.2, 0) is 10.8 Å². The van der Waals surface area contributed by atoms with Crippen LogP contribution in [0.5, 0.6) is 0 Å². The van der Waals surface area contributed by atoms with Gasteiger partial charge in [-0.3, -0.25) is 0 Å². The van der Waals surface area contributed by atoms with E-state index in [-0.39, 0.29) is 17.1 Å². The van der Waals surface area contributed by atoms with Crippen LogP contribution >= 0.6 is 34.0 Å². The summed E-state index contributed by atoms with van der Waals surface area (Å²) in [5.74, 6) is -0.307. The van der Waals surface area contributed by atoms with E-state index in [0.29, 0.717) is 5.00 Å². The molecule has 158 valence electrons. The third-order valence-corrected chi connectivity index (χ3v) is 9.84. The van der Waals surface area contributed by atoms with E-state index in [0.717, 1.165) is 15.5 Å². The maximum atomic E-state index is 9.15. The first-order valence-corrected chi connectivity index (χ1v) is 12.3. The lowest BCUT2D eigenvalue weighted by Crippen LogP contribution is -2.16. The molecule has 3 heterocycles. The summed E-state index contributed by atoms with van der Waals surface area (Å²) in [5.41, 5.74) is 3.81. The van der Waals surface area contributed by atoms with E-state index in [9.17, 15) is 0 Å². The lowest BCUT2D eigenvalue weighted by atomic mass is 9.82. The molecule has 0 unspecified atom stereocenters. The molecule has 3 aromatic rings. The van der Waals surface area contributed by atoms with Gasteiger partial charge in [0.05, 0.1) is 24.6 Å². The van der Waals surface area contributed by atoms with Crippen LogP contribution in [0.4, 0.5) is 5.00 Å². The number of hydrogen-bond acceptors (Lipinski definition) is 7. The molecule has 2 aliphatic carbocycles. The maximum Gasteiger partial charge on any atom is 0.350 e. The molecule has 0 fully saturated rings. The Hall–Kier alpha value is -3.60. The lowest BCUT2D eigenvalue weighted by molar-refractivity contribution is 0.640. The van der Waals surface area contributed by atoms with E-state index < -0.39 is 5.41 Å². The quantitative estimate of drug-likeness (QED) is 0.218. The number of nitriles is 2. The molecule has 0 spiro atoms. The molecule has 2 aliphatic rings. The van der Waals surface area contributed by atoms with E-state index in [2.05, 4.69) is 47.4 Å². The van der Waals surface area contributed by atoms with E-state index >= 15 is 0 Å². The topological polar surface area (TPSA) is 81.0 Å². The van der Waals surface area contributed by atoms with Crippen molar-refractivity contribution >= 4 is 66.2 Å². The Kier molecular flexibility index (Phi) is 4.47. The highest BCUT2D eigenvalue weighted by atomic mass is 32.1. The highest BCUT2D eigenvalue weighted by Gasteiger charge is 2.46. The van der Waals surface area contributed by atoms with Gasteiger partial charge in [0.2, 0.25) is 5.00 Å². The number of thiophene rings is 3. The monoisotopic (exact) mass is 482 g/mol. The molecule has 0 amide bonds. The number of aliphatic imine (C=N–C) groups is 2. The highest BCUT2D eigenvalue weighted by Crippen LogP contribution is 2.63. The fourth-order valence-corrected chi connectivity index (χ4v) is 9.34. The summed E-state index contributed by atoms with van der Waals surface area (Å²) in [6.45, 7) is 22.9. The molecule has 3 aromatic heterocycles. The number of nitrogens with zero attached hydrogens (tertiary/aromatic N) is 6. The Morgan fingerprint density at radius 1 is 0.879 bits per heavy atom. The first-order valence-electron chi connectivity index (χ1n) is 9.87. The normalized spacial score (nSPS) is 17.4. The van der Waals surface area contributed by atoms with Gasteiger partial charge in [-0.05, 0) is 25.0 Å². The van der Waals surface area contributed by atoms with E-state index in [1.807, 2.05) is 24.3 Å². The molecule has 5 rings (SSSR count). The minimum absolute atomic E-state index is 0.150. The van der Waals surface area contributed by atoms with Crippen molar-refractivity contribution in [3.63, 3.8) is 0 Å². The number of allylic oxidation sites excluding steroid dienone is 1. The summed E-state index contributed by atoms with van der Waals surface area (Å²) in [5, 5.41) is 18.9. The van der Waals surface area contributed by atoms with Gasteiger partial charge in [-0.1, -0.05) is 43.3 Å². The summed E-state index contributed by atoms with van der Waals surface area (Å²) in [4.78, 5) is 18.5. The van der Waals surface area contributed by atoms with Gasteiger partial charge in [0, 0.05) is 28.0 Å². The van der Waals surface area contributed by atoms with Gasteiger partial charge >= 0.3 is 11.7 Å². The number of fused-ring (bicyclic) bond motifs is 7. The fraction of sp³-hybridized carbons (Fsp3) is 0.250. The molecule has 0 bridgehead atoms. The van der Waals surface area contributed by atoms with Gasteiger partial charge in [-0.15, -0.1) is 27.7 Å². The van der Waals surface area contributed by atoms with Gasteiger partial charge in [0.15, 0.2) is 0 Å². The molecule has 33 heavy (non-hydrogen) atoms. The van der Waals surface area contributed by atoms with Crippen molar-refractivity contribution in [2.75, 3.05) is 0 Å². The zero-order chi connectivity index (χ0) is 23.7. The number of rotatable bonds is 2. The summed E-state index contributed by atoms with van der Waals surface area (Å²) < 4.78 is 2.50. The van der Waals surface area contributed by atoms with Crippen molar-refractivity contribution < 1.29 is 0 Å². The minimum Gasteiger partial charge on any atom is -0.351 e. The SMILES string of the molecule is [C-]#[N+]C(C#N)=NC1=Cc2sc3c4c(sc3c2C1(C)C)-c1sc(N=C(C#N)[N+]#[C-])cc1C4(C)C. The Morgan fingerprint density at radius 2 is 1.52 bits per heavy atom. The summed E-state index contributed by atoms with van der Waals surface area (Å²) in [7, 11) is 0. The molecule has 0 N–H and O–H groups in total. The predicted molar refractivity (Wildman–Crippen MR) is 135 cm³/mol. The van der Waals surface area contributed by atoms with Crippen LogP contribution in [0.25, 0.3) is 34.9 Å². The van der Waals surface area contributed by atoms with Crippen LogP contribution in [0.2, 0.25) is 0 Å². The van der Waals surface area contributed by atoms with Crippen molar-refractivity contribution in [1.29, 1.82) is 10.5 Å². The molecule has 0 radical (unpaired) electrons. The van der Waals surface area contributed by atoms with Crippen LogP contribution in [0, 0.1) is 35.8 Å². The maximum absolute atomic E-state index is 9.15. The van der Waals surface area contributed by atoms with Crippen molar-refractivity contribution in [3.8, 4) is 21.9 Å². The average Bonchev–Trinajstić information content (AvgIpc) is 3.51. The fourth-order valence-electron chi connectivity index (χ4n) is 4.55. The van der Waals surface area contributed by atoms with Gasteiger partial charge in [-0.25, -0.2) is 10.5 Å². The van der Waals surface area contributed by atoms with Crippen LogP contribution < -0.4 is 0 Å². The highest BCUT2D eigenvalue weighted by molar-refractivity contribution is 7.32. The first kappa shape index (κ1) is 21.3. The standard InChI is InChI=1S/C24H14N6S3/c1-23(2)11-7-16(30-15(10-26)28-6)32-19(11)21-18(23)22-20(33-21)17-12(31-22)8-13(24(17,3)4)29-14(9-25)27-5/h7-8H,1-4H3. The van der Waals surface area contributed by atoms with Crippen LogP contribution in [-0.4, -0.2) is 11.7 Å². The molecule has 0 aromatic carbocycles. The smallest absolute Gasteiger partial charge is 0.350 e. The number of amidine groups is 2. The van der Waals surface area contributed by atoms with E-state index in [1.54, 1.807) is 22.7 Å². The Morgan fingerprint density at radius 3 is 2.15 bits per heavy atom. The number of hydrogen-bond donors (Lipinski definition) is 0. The molecular weight excluding hydrogens is 469 g/mol. The summed E-state index contributed by atoms with van der Waals surface area (Å²) in [6, 6.07) is 5.71. The molecular formula is C24H14N6S3. The van der Waals surface area contributed by atoms with Crippen LogP contribution in [0.1, 0.15) is 49.3 Å². The van der Waals surface area contributed by atoms with Crippen LogP contribution in [0.3, 0.4) is 0 Å². The molecule has 0 saturated heterocycles. The molecule has 0 saturated carbocycles. The zero-order valence-corrected chi connectivity index (χ0v) is 20.5. The van der Waals surface area contributed by atoms with Gasteiger partial charge in [0.25, 0.3) is 0 Å². The van der Waals surface area contributed by atoms with E-state index in [4.69, 9.17) is 23.7 Å². The Balaban J connectivity index is 1.69. The van der Waals surface area contributed by atoms with Gasteiger partial charge < -0.3 is 9.69 Å². The van der Waals surface area contributed by atoms with Crippen molar-refractivity contribution in [2.45, 2.75) is 38.5 Å². The first-order chi connectivity index (χ1) is 15.7. The molecule has 0 aliphatic heterocycles. The van der Waals surface area contributed by atoms with Crippen LogP contribution in [0.15, 0.2) is 21.7 Å². The van der Waals surface area contributed by atoms with Gasteiger partial charge in [0.1, 0.15) is 17.8 Å². The molecule has 0 atom stereocenters. The van der Waals surface area contributed by atoms with Gasteiger partial charge in [-0.2, -0.15) is 0 Å². The van der Waals surface area contributed by atoms with E-state index in [1.165, 1.54) is 42.3 Å². The summed E-state index contributed by atoms with van der Waals surface area (Å²) >= 11 is 5.03.